The van der Waals surface area contributed by atoms with Crippen molar-refractivity contribution in [3.63, 3.8) is 0 Å². The largest absolute Gasteiger partial charge is 0.403 e. The quantitative estimate of drug-likeness (QED) is 0.827. The van der Waals surface area contributed by atoms with Gasteiger partial charge in [0.25, 0.3) is 5.91 Å². The fourth-order valence-electron chi connectivity index (χ4n) is 3.63. The van der Waals surface area contributed by atoms with E-state index in [2.05, 4.69) is 34.2 Å². The highest BCUT2D eigenvalue weighted by Crippen LogP contribution is 2.33. The van der Waals surface area contributed by atoms with Crippen LogP contribution in [0.25, 0.3) is 10.6 Å². The Bertz CT molecular complexity index is 894. The molecule has 0 spiro atoms. The van der Waals surface area contributed by atoms with Gasteiger partial charge >= 0.3 is 0 Å². The van der Waals surface area contributed by atoms with Crippen molar-refractivity contribution in [3.05, 3.63) is 46.7 Å². The summed E-state index contributed by atoms with van der Waals surface area (Å²) in [5, 5.41) is 0.894. The number of anilines is 1. The zero-order chi connectivity index (χ0) is 18.8. The van der Waals surface area contributed by atoms with Crippen molar-refractivity contribution in [2.24, 2.45) is 10.7 Å². The average molecular weight is 382 g/mol. The number of rotatable bonds is 4. The molecule has 0 aliphatic carbocycles. The number of thiazole rings is 1. The minimum Gasteiger partial charge on any atom is -0.403 e. The van der Waals surface area contributed by atoms with Crippen LogP contribution in [0.1, 0.15) is 28.2 Å². The Hall–Kier alpha value is -2.67. The summed E-state index contributed by atoms with van der Waals surface area (Å²) < 4.78 is 0. The van der Waals surface area contributed by atoms with Gasteiger partial charge in [-0.3, -0.25) is 9.79 Å². The fourth-order valence-corrected chi connectivity index (χ4v) is 4.69. The SMILES string of the molecule is CN=CC(=CN)N1CCc2nc(-c3ccc(N4CCCC4)cc3)sc2C1=O. The third-order valence-electron chi connectivity index (χ3n) is 5.04. The molecule has 7 heteroatoms. The number of allylic oxidation sites excluding steroid dienone is 1. The van der Waals surface area contributed by atoms with Crippen LogP contribution in [0.3, 0.4) is 0 Å². The van der Waals surface area contributed by atoms with Crippen molar-refractivity contribution >= 4 is 29.1 Å². The molecule has 0 radical (unpaired) electrons. The monoisotopic (exact) mass is 381 g/mol. The Labute approximate surface area is 163 Å². The summed E-state index contributed by atoms with van der Waals surface area (Å²) in [6.45, 7) is 2.83. The smallest absolute Gasteiger partial charge is 0.270 e. The minimum atomic E-state index is -0.0507. The molecule has 2 aliphatic heterocycles. The molecule has 1 aromatic heterocycles. The van der Waals surface area contributed by atoms with E-state index in [9.17, 15) is 4.79 Å². The van der Waals surface area contributed by atoms with Crippen LogP contribution in [-0.4, -0.2) is 48.7 Å². The second-order valence-corrected chi connectivity index (χ2v) is 7.72. The average Bonchev–Trinajstić information content (AvgIpc) is 3.37. The third kappa shape index (κ3) is 3.35. The summed E-state index contributed by atoms with van der Waals surface area (Å²) in [5.74, 6) is -0.0507. The normalized spacial score (nSPS) is 17.8. The lowest BCUT2D eigenvalue weighted by molar-refractivity contribution is 0.0805. The van der Waals surface area contributed by atoms with Crippen molar-refractivity contribution in [2.75, 3.05) is 31.6 Å². The van der Waals surface area contributed by atoms with Crippen LogP contribution in [0, 0.1) is 0 Å². The van der Waals surface area contributed by atoms with E-state index in [1.807, 2.05) is 0 Å². The number of benzene rings is 1. The molecule has 0 bridgehead atoms. The molecule has 3 heterocycles. The summed E-state index contributed by atoms with van der Waals surface area (Å²) in [6, 6.07) is 8.52. The lowest BCUT2D eigenvalue weighted by Crippen LogP contribution is -2.37. The molecule has 2 aliphatic rings. The number of aliphatic imine (C=N–C) groups is 1. The summed E-state index contributed by atoms with van der Waals surface area (Å²) in [7, 11) is 1.67. The van der Waals surface area contributed by atoms with Crippen LogP contribution in [0.15, 0.2) is 41.2 Å². The number of amides is 1. The summed E-state index contributed by atoms with van der Waals surface area (Å²) >= 11 is 1.46. The maximum Gasteiger partial charge on any atom is 0.270 e. The molecule has 140 valence electrons. The van der Waals surface area contributed by atoms with Gasteiger partial charge in [-0.2, -0.15) is 0 Å². The van der Waals surface area contributed by atoms with Crippen molar-refractivity contribution in [1.29, 1.82) is 0 Å². The molecule has 1 saturated heterocycles. The summed E-state index contributed by atoms with van der Waals surface area (Å²) in [4.78, 5) is 26.4. The zero-order valence-electron chi connectivity index (χ0n) is 15.4. The first kappa shape index (κ1) is 17.7. The van der Waals surface area contributed by atoms with E-state index in [0.717, 1.165) is 35.8 Å². The molecule has 1 aromatic carbocycles. The highest BCUT2D eigenvalue weighted by molar-refractivity contribution is 7.17. The Morgan fingerprint density at radius 2 is 1.96 bits per heavy atom. The first-order valence-corrected chi connectivity index (χ1v) is 10.0. The molecule has 1 amide bonds. The van der Waals surface area contributed by atoms with E-state index in [1.165, 1.54) is 36.1 Å². The van der Waals surface area contributed by atoms with E-state index in [1.54, 1.807) is 18.2 Å². The first-order valence-electron chi connectivity index (χ1n) is 9.22. The zero-order valence-corrected chi connectivity index (χ0v) is 16.2. The van der Waals surface area contributed by atoms with Gasteiger partial charge < -0.3 is 15.5 Å². The van der Waals surface area contributed by atoms with E-state index in [-0.39, 0.29) is 5.91 Å². The molecule has 27 heavy (non-hydrogen) atoms. The highest BCUT2D eigenvalue weighted by atomic mass is 32.1. The molecule has 1 fully saturated rings. The van der Waals surface area contributed by atoms with E-state index < -0.39 is 0 Å². The summed E-state index contributed by atoms with van der Waals surface area (Å²) in [5.41, 5.74) is 9.49. The van der Waals surface area contributed by atoms with Crippen molar-refractivity contribution in [3.8, 4) is 10.6 Å². The number of fused-ring (bicyclic) bond motifs is 1. The predicted octanol–water partition coefficient (Wildman–Crippen LogP) is 2.91. The van der Waals surface area contributed by atoms with Gasteiger partial charge in [-0.05, 0) is 37.1 Å². The number of nitrogens with two attached hydrogens (primary N) is 1. The van der Waals surface area contributed by atoms with Gasteiger partial charge in [-0.25, -0.2) is 4.98 Å². The number of hydrogen-bond donors (Lipinski definition) is 1. The molecule has 0 saturated carbocycles. The highest BCUT2D eigenvalue weighted by Gasteiger charge is 2.30. The molecule has 0 atom stereocenters. The van der Waals surface area contributed by atoms with E-state index in [0.29, 0.717) is 17.1 Å². The van der Waals surface area contributed by atoms with Crippen molar-refractivity contribution < 1.29 is 4.79 Å². The number of carbonyl (C=O) groups is 1. The fraction of sp³-hybridized carbons (Fsp3) is 0.350. The summed E-state index contributed by atoms with van der Waals surface area (Å²) in [6.07, 6.45) is 6.29. The van der Waals surface area contributed by atoms with Gasteiger partial charge in [0, 0.05) is 56.8 Å². The second kappa shape index (κ2) is 7.52. The van der Waals surface area contributed by atoms with E-state index in [4.69, 9.17) is 10.7 Å². The van der Waals surface area contributed by atoms with Gasteiger partial charge in [0.2, 0.25) is 0 Å². The number of nitrogens with zero attached hydrogens (tertiary/aromatic N) is 4. The van der Waals surface area contributed by atoms with Crippen LogP contribution in [0.5, 0.6) is 0 Å². The molecule has 4 rings (SSSR count). The Balaban J connectivity index is 1.58. The first-order chi connectivity index (χ1) is 13.2. The Kier molecular flexibility index (Phi) is 4.94. The van der Waals surface area contributed by atoms with Crippen LogP contribution in [0.4, 0.5) is 5.69 Å². The maximum absolute atomic E-state index is 12.9. The molecule has 6 nitrogen and oxygen atoms in total. The van der Waals surface area contributed by atoms with Gasteiger partial charge in [0.15, 0.2) is 0 Å². The van der Waals surface area contributed by atoms with Crippen LogP contribution in [0.2, 0.25) is 0 Å². The van der Waals surface area contributed by atoms with Crippen molar-refractivity contribution in [2.45, 2.75) is 19.3 Å². The number of aromatic nitrogens is 1. The lowest BCUT2D eigenvalue weighted by Gasteiger charge is -2.26. The Morgan fingerprint density at radius 3 is 2.63 bits per heavy atom. The number of carbonyl (C=O) groups excluding carboxylic acids is 1. The van der Waals surface area contributed by atoms with Gasteiger partial charge in [-0.15, -0.1) is 11.3 Å². The Morgan fingerprint density at radius 1 is 1.22 bits per heavy atom. The van der Waals surface area contributed by atoms with Crippen molar-refractivity contribution in [1.82, 2.24) is 9.88 Å². The lowest BCUT2D eigenvalue weighted by atomic mass is 10.1. The molecular formula is C20H23N5OS. The number of hydrogen-bond acceptors (Lipinski definition) is 6. The molecule has 2 N–H and O–H groups in total. The third-order valence-corrected chi connectivity index (χ3v) is 6.17. The maximum atomic E-state index is 12.9. The van der Waals surface area contributed by atoms with Crippen LogP contribution < -0.4 is 10.6 Å². The van der Waals surface area contributed by atoms with Gasteiger partial charge in [0.1, 0.15) is 9.88 Å². The standard InChI is InChI=1S/C20H23N5OS/c1-22-13-16(12-21)25-11-8-17-18(20(25)26)27-19(23-17)14-4-6-15(7-5-14)24-9-2-3-10-24/h4-7,12-13H,2-3,8-11,21H2,1H3. The minimum absolute atomic E-state index is 0.0507. The molecular weight excluding hydrogens is 358 g/mol. The van der Waals surface area contributed by atoms with Gasteiger partial charge in [0.05, 0.1) is 11.4 Å². The van der Waals surface area contributed by atoms with Gasteiger partial charge in [-0.1, -0.05) is 0 Å². The second-order valence-electron chi connectivity index (χ2n) is 6.72. The van der Waals surface area contributed by atoms with Crippen LogP contribution in [-0.2, 0) is 6.42 Å². The predicted molar refractivity (Wildman–Crippen MR) is 110 cm³/mol. The molecule has 2 aromatic rings. The topological polar surface area (TPSA) is 74.8 Å². The molecule has 0 unspecified atom stereocenters. The van der Waals surface area contributed by atoms with Crippen LogP contribution >= 0.6 is 11.3 Å². The van der Waals surface area contributed by atoms with E-state index >= 15 is 0 Å².